The third kappa shape index (κ3) is 2.61. The van der Waals surface area contributed by atoms with Gasteiger partial charge >= 0.3 is 0 Å². The normalized spacial score (nSPS) is 16.0. The molecule has 1 fully saturated rings. The van der Waals surface area contributed by atoms with Gasteiger partial charge in [0.2, 0.25) is 0 Å². The van der Waals surface area contributed by atoms with Gasteiger partial charge in [-0.2, -0.15) is 0 Å². The topological polar surface area (TPSA) is 50.1 Å². The molecule has 0 saturated carbocycles. The zero-order valence-electron chi connectivity index (χ0n) is 13.8. The van der Waals surface area contributed by atoms with Crippen molar-refractivity contribution in [1.82, 2.24) is 24.4 Å². The number of halogens is 1. The number of hydrogen-bond donors (Lipinski definition) is 0. The Bertz CT molecular complexity index is 882. The molecular weight excluding hydrogens is 324 g/mol. The van der Waals surface area contributed by atoms with Crippen molar-refractivity contribution in [1.29, 1.82) is 0 Å². The molecule has 2 aromatic heterocycles. The molecule has 3 heterocycles. The Balaban J connectivity index is 1.70. The van der Waals surface area contributed by atoms with E-state index in [-0.39, 0.29) is 0 Å². The summed E-state index contributed by atoms with van der Waals surface area (Å²) in [6, 6.07) is 6.20. The van der Waals surface area contributed by atoms with Gasteiger partial charge in [0.1, 0.15) is 17.7 Å². The highest BCUT2D eigenvalue weighted by atomic mass is 35.5. The van der Waals surface area contributed by atoms with Gasteiger partial charge in [0.05, 0.1) is 11.2 Å². The molecule has 1 saturated heterocycles. The molecule has 0 spiro atoms. The van der Waals surface area contributed by atoms with E-state index in [1.54, 1.807) is 6.20 Å². The highest BCUT2D eigenvalue weighted by Gasteiger charge is 2.18. The van der Waals surface area contributed by atoms with Crippen LogP contribution in [0.5, 0.6) is 0 Å². The second-order valence-corrected chi connectivity index (χ2v) is 6.59. The largest absolute Gasteiger partial charge is 0.369 e. The Morgan fingerprint density at radius 2 is 1.88 bits per heavy atom. The van der Waals surface area contributed by atoms with E-state index in [4.69, 9.17) is 11.6 Å². The number of aromatic nitrogens is 4. The van der Waals surface area contributed by atoms with Crippen LogP contribution in [0.25, 0.3) is 22.6 Å². The fourth-order valence-electron chi connectivity index (χ4n) is 3.13. The van der Waals surface area contributed by atoms with Crippen LogP contribution in [0.2, 0.25) is 5.02 Å². The van der Waals surface area contributed by atoms with Gasteiger partial charge in [0.25, 0.3) is 0 Å². The van der Waals surface area contributed by atoms with Crippen LogP contribution in [0.3, 0.4) is 0 Å². The first-order valence-corrected chi connectivity index (χ1v) is 8.37. The number of piperazine rings is 1. The van der Waals surface area contributed by atoms with Crippen LogP contribution < -0.4 is 4.90 Å². The van der Waals surface area contributed by atoms with Gasteiger partial charge in [-0.15, -0.1) is 0 Å². The average molecular weight is 343 g/mol. The molecule has 4 rings (SSSR count). The van der Waals surface area contributed by atoms with E-state index in [2.05, 4.69) is 37.9 Å². The number of hydrogen-bond acceptors (Lipinski definition) is 5. The zero-order valence-corrected chi connectivity index (χ0v) is 14.5. The monoisotopic (exact) mass is 342 g/mol. The van der Waals surface area contributed by atoms with E-state index < -0.39 is 0 Å². The van der Waals surface area contributed by atoms with Crippen LogP contribution in [0.15, 0.2) is 30.7 Å². The van der Waals surface area contributed by atoms with Gasteiger partial charge in [0, 0.05) is 44.5 Å². The van der Waals surface area contributed by atoms with Crippen LogP contribution >= 0.6 is 11.6 Å². The average Bonchev–Trinajstić information content (AvgIpc) is 2.93. The lowest BCUT2D eigenvalue weighted by Gasteiger charge is -2.34. The fraction of sp³-hybridized carbons (Fsp3) is 0.353. The maximum Gasteiger partial charge on any atom is 0.163 e. The standard InChI is InChI=1S/C17H19ClN6/c1-22-5-7-24(8-6-22)12-3-4-13(14(18)9-12)16-21-15-10-19-11-20-17(15)23(16)2/h3-4,9-11H,5-8H2,1-2H3. The number of nitrogens with zero attached hydrogens (tertiary/aromatic N) is 6. The summed E-state index contributed by atoms with van der Waals surface area (Å²) in [6.07, 6.45) is 3.25. The van der Waals surface area contributed by atoms with E-state index in [0.29, 0.717) is 5.02 Å². The predicted molar refractivity (Wildman–Crippen MR) is 96.5 cm³/mol. The number of anilines is 1. The molecule has 0 N–H and O–H groups in total. The molecule has 1 aromatic carbocycles. The summed E-state index contributed by atoms with van der Waals surface area (Å²) in [4.78, 5) is 17.7. The number of fused-ring (bicyclic) bond motifs is 1. The maximum atomic E-state index is 6.58. The first-order chi connectivity index (χ1) is 11.6. The van der Waals surface area contributed by atoms with Crippen molar-refractivity contribution in [2.75, 3.05) is 38.1 Å². The molecule has 6 nitrogen and oxygen atoms in total. The van der Waals surface area contributed by atoms with Gasteiger partial charge in [-0.3, -0.25) is 0 Å². The number of rotatable bonds is 2. The van der Waals surface area contributed by atoms with Crippen LogP contribution in [-0.4, -0.2) is 57.6 Å². The Kier molecular flexibility index (Phi) is 3.86. The molecule has 1 aliphatic rings. The second-order valence-electron chi connectivity index (χ2n) is 6.18. The van der Waals surface area contributed by atoms with E-state index >= 15 is 0 Å². The minimum absolute atomic E-state index is 0.706. The lowest BCUT2D eigenvalue weighted by molar-refractivity contribution is 0.313. The molecule has 0 radical (unpaired) electrons. The van der Waals surface area contributed by atoms with Crippen LogP contribution in [0.4, 0.5) is 5.69 Å². The fourth-order valence-corrected chi connectivity index (χ4v) is 3.39. The van der Waals surface area contributed by atoms with Gasteiger partial charge < -0.3 is 14.4 Å². The minimum atomic E-state index is 0.706. The predicted octanol–water partition coefficient (Wildman–Crippen LogP) is 2.44. The number of likely N-dealkylation sites (N-methyl/N-ethyl adjacent to an activating group) is 1. The summed E-state index contributed by atoms with van der Waals surface area (Å²) in [6.45, 7) is 4.19. The van der Waals surface area contributed by atoms with Crippen molar-refractivity contribution >= 4 is 28.5 Å². The third-order valence-corrected chi connectivity index (χ3v) is 4.91. The highest BCUT2D eigenvalue weighted by molar-refractivity contribution is 6.33. The van der Waals surface area contributed by atoms with E-state index in [1.165, 1.54) is 6.33 Å². The Hall–Kier alpha value is -2.18. The first-order valence-electron chi connectivity index (χ1n) is 7.99. The molecule has 24 heavy (non-hydrogen) atoms. The van der Waals surface area contributed by atoms with Crippen molar-refractivity contribution in [2.24, 2.45) is 7.05 Å². The van der Waals surface area contributed by atoms with Crippen molar-refractivity contribution in [3.63, 3.8) is 0 Å². The van der Waals surface area contributed by atoms with Gasteiger partial charge in [-0.1, -0.05) is 11.6 Å². The smallest absolute Gasteiger partial charge is 0.163 e. The van der Waals surface area contributed by atoms with Gasteiger partial charge in [-0.05, 0) is 25.2 Å². The van der Waals surface area contributed by atoms with Crippen molar-refractivity contribution < 1.29 is 0 Å². The van der Waals surface area contributed by atoms with Crippen LogP contribution in [-0.2, 0) is 7.05 Å². The summed E-state index contributed by atoms with van der Waals surface area (Å²) in [5.74, 6) is 0.806. The van der Waals surface area contributed by atoms with Crippen molar-refractivity contribution in [3.05, 3.63) is 35.7 Å². The lowest BCUT2D eigenvalue weighted by atomic mass is 10.1. The van der Waals surface area contributed by atoms with E-state index in [1.807, 2.05) is 23.7 Å². The quantitative estimate of drug-likeness (QED) is 0.716. The third-order valence-electron chi connectivity index (χ3n) is 4.60. The molecule has 3 aromatic rings. The molecule has 124 valence electrons. The minimum Gasteiger partial charge on any atom is -0.369 e. The van der Waals surface area contributed by atoms with E-state index in [0.717, 1.165) is 54.4 Å². The molecular formula is C17H19ClN6. The highest BCUT2D eigenvalue weighted by Crippen LogP contribution is 2.32. The summed E-state index contributed by atoms with van der Waals surface area (Å²) in [5.41, 5.74) is 3.65. The Morgan fingerprint density at radius 1 is 1.08 bits per heavy atom. The number of aryl methyl sites for hydroxylation is 1. The molecule has 1 aliphatic heterocycles. The zero-order chi connectivity index (χ0) is 16.7. The molecule has 0 aliphatic carbocycles. The Labute approximate surface area is 145 Å². The van der Waals surface area contributed by atoms with Crippen molar-refractivity contribution in [3.8, 4) is 11.4 Å². The SMILES string of the molecule is CN1CCN(c2ccc(-c3nc4cncnc4n3C)c(Cl)c2)CC1. The Morgan fingerprint density at radius 3 is 2.58 bits per heavy atom. The van der Waals surface area contributed by atoms with E-state index in [9.17, 15) is 0 Å². The molecule has 7 heteroatoms. The lowest BCUT2D eigenvalue weighted by Crippen LogP contribution is -2.44. The molecule has 0 unspecified atom stereocenters. The van der Waals surface area contributed by atoms with Gasteiger partial charge in [-0.25, -0.2) is 15.0 Å². The molecule has 0 amide bonds. The number of imidazole rings is 1. The van der Waals surface area contributed by atoms with Crippen LogP contribution in [0.1, 0.15) is 0 Å². The van der Waals surface area contributed by atoms with Crippen molar-refractivity contribution in [2.45, 2.75) is 0 Å². The number of benzene rings is 1. The summed E-state index contributed by atoms with van der Waals surface area (Å²) < 4.78 is 1.95. The summed E-state index contributed by atoms with van der Waals surface area (Å²) in [7, 11) is 4.10. The molecule has 0 atom stereocenters. The van der Waals surface area contributed by atoms with Gasteiger partial charge in [0.15, 0.2) is 5.65 Å². The second kappa shape index (κ2) is 6.03. The summed E-state index contributed by atoms with van der Waals surface area (Å²) >= 11 is 6.58. The first kappa shape index (κ1) is 15.4. The van der Waals surface area contributed by atoms with Crippen LogP contribution in [0, 0.1) is 0 Å². The maximum absolute atomic E-state index is 6.58. The molecule has 0 bridgehead atoms. The summed E-state index contributed by atoms with van der Waals surface area (Å²) in [5, 5.41) is 0.706.